The summed E-state index contributed by atoms with van der Waals surface area (Å²) in [6.07, 6.45) is 3.73. The van der Waals surface area contributed by atoms with E-state index < -0.39 is 9.84 Å². The van der Waals surface area contributed by atoms with E-state index in [4.69, 9.17) is 0 Å². The fourth-order valence-corrected chi connectivity index (χ4v) is 4.09. The predicted molar refractivity (Wildman–Crippen MR) is 109 cm³/mol. The third kappa shape index (κ3) is 5.66. The van der Waals surface area contributed by atoms with Gasteiger partial charge < -0.3 is 10.2 Å². The Morgan fingerprint density at radius 3 is 2.57 bits per heavy atom. The second kappa shape index (κ2) is 8.56. The van der Waals surface area contributed by atoms with Crippen LogP contribution >= 0.6 is 0 Å². The highest BCUT2D eigenvalue weighted by Gasteiger charge is 2.18. The average molecular weight is 401 g/mol. The normalized spacial score (nSPS) is 14.8. The molecule has 0 radical (unpaired) electrons. The van der Waals surface area contributed by atoms with Crippen molar-refractivity contribution in [2.45, 2.75) is 31.6 Å². The summed E-state index contributed by atoms with van der Waals surface area (Å²) in [7, 11) is -3.17. The molecule has 148 valence electrons. The van der Waals surface area contributed by atoms with Gasteiger partial charge >= 0.3 is 0 Å². The Labute approximate surface area is 165 Å². The van der Waals surface area contributed by atoms with E-state index in [-0.39, 0.29) is 17.6 Å². The first-order chi connectivity index (χ1) is 13.3. The van der Waals surface area contributed by atoms with Gasteiger partial charge in [0.25, 0.3) is 5.91 Å². The molecule has 6 nitrogen and oxygen atoms in total. The van der Waals surface area contributed by atoms with Crippen molar-refractivity contribution in [3.8, 4) is 0 Å². The van der Waals surface area contributed by atoms with Crippen LogP contribution in [0.3, 0.4) is 0 Å². The van der Waals surface area contributed by atoms with Gasteiger partial charge in [0.05, 0.1) is 5.75 Å². The summed E-state index contributed by atoms with van der Waals surface area (Å²) in [5.41, 5.74) is 2.57. The Morgan fingerprint density at radius 2 is 1.82 bits per heavy atom. The van der Waals surface area contributed by atoms with Crippen LogP contribution in [-0.2, 0) is 26.9 Å². The first-order valence-electron chi connectivity index (χ1n) is 9.25. The number of anilines is 1. The molecule has 2 aromatic rings. The van der Waals surface area contributed by atoms with Crippen LogP contribution in [0.4, 0.5) is 5.69 Å². The molecule has 3 rings (SSSR count). The number of benzene rings is 2. The number of carbonyl (C=O) groups is 2. The number of nitrogens with one attached hydrogen (secondary N) is 1. The molecule has 2 amide bonds. The molecule has 0 saturated carbocycles. The quantitative estimate of drug-likeness (QED) is 0.808. The maximum Gasteiger partial charge on any atom is 0.255 e. The molecule has 1 heterocycles. The predicted octanol–water partition coefficient (Wildman–Crippen LogP) is 3.00. The minimum atomic E-state index is -3.17. The highest BCUT2D eigenvalue weighted by molar-refractivity contribution is 7.89. The summed E-state index contributed by atoms with van der Waals surface area (Å²) >= 11 is 0. The van der Waals surface area contributed by atoms with E-state index in [9.17, 15) is 18.0 Å². The molecule has 0 unspecified atom stereocenters. The molecule has 1 aliphatic heterocycles. The molecule has 1 fully saturated rings. The van der Waals surface area contributed by atoms with E-state index >= 15 is 0 Å². The van der Waals surface area contributed by atoms with Gasteiger partial charge in [0, 0.05) is 37.0 Å². The standard InChI is InChI=1S/C21H24N2O4S/c1-28(26,27)15-17-7-4-8-18(12-17)21(25)22-19-9-5-6-16(13-19)14-23-11-3-2-10-20(23)24/h4-9,12-13H,2-3,10-11,14-15H2,1H3,(H,22,25). The number of likely N-dealkylation sites (tertiary alicyclic amines) is 1. The number of hydrogen-bond donors (Lipinski definition) is 1. The van der Waals surface area contributed by atoms with Crippen molar-refractivity contribution in [3.63, 3.8) is 0 Å². The van der Waals surface area contributed by atoms with Crippen molar-refractivity contribution in [2.75, 3.05) is 18.1 Å². The van der Waals surface area contributed by atoms with Crippen LogP contribution in [0.2, 0.25) is 0 Å². The highest BCUT2D eigenvalue weighted by Crippen LogP contribution is 2.18. The first-order valence-corrected chi connectivity index (χ1v) is 11.3. The molecule has 1 N–H and O–H groups in total. The third-order valence-electron chi connectivity index (χ3n) is 4.60. The number of piperidine rings is 1. The topological polar surface area (TPSA) is 83.6 Å². The third-order valence-corrected chi connectivity index (χ3v) is 5.46. The number of sulfone groups is 1. The van der Waals surface area contributed by atoms with Crippen molar-refractivity contribution in [1.82, 2.24) is 4.90 Å². The van der Waals surface area contributed by atoms with E-state index in [1.807, 2.05) is 23.1 Å². The number of hydrogen-bond acceptors (Lipinski definition) is 4. The molecule has 28 heavy (non-hydrogen) atoms. The monoisotopic (exact) mass is 400 g/mol. The maximum atomic E-state index is 12.6. The van der Waals surface area contributed by atoms with Crippen LogP contribution in [0, 0.1) is 0 Å². The molecule has 2 aromatic carbocycles. The molecule has 0 aliphatic carbocycles. The van der Waals surface area contributed by atoms with Crippen molar-refractivity contribution < 1.29 is 18.0 Å². The van der Waals surface area contributed by atoms with Gasteiger partial charge in [0.2, 0.25) is 5.91 Å². The molecule has 1 aliphatic rings. The molecule has 0 bridgehead atoms. The van der Waals surface area contributed by atoms with Gasteiger partial charge in [-0.1, -0.05) is 24.3 Å². The Morgan fingerprint density at radius 1 is 1.07 bits per heavy atom. The van der Waals surface area contributed by atoms with E-state index in [0.717, 1.165) is 24.9 Å². The van der Waals surface area contributed by atoms with Crippen LogP contribution < -0.4 is 5.32 Å². The molecule has 0 aromatic heterocycles. The van der Waals surface area contributed by atoms with Crippen molar-refractivity contribution in [1.29, 1.82) is 0 Å². The van der Waals surface area contributed by atoms with E-state index in [1.54, 1.807) is 30.3 Å². The smallest absolute Gasteiger partial charge is 0.255 e. The Kier molecular flexibility index (Phi) is 6.14. The molecule has 7 heteroatoms. The van der Waals surface area contributed by atoms with Crippen LogP contribution in [0.1, 0.15) is 40.7 Å². The molecule has 1 saturated heterocycles. The van der Waals surface area contributed by atoms with Crippen molar-refractivity contribution >= 4 is 27.3 Å². The number of amides is 2. The summed E-state index contributed by atoms with van der Waals surface area (Å²) in [6, 6.07) is 14.0. The second-order valence-electron chi connectivity index (χ2n) is 7.20. The molecule has 0 spiro atoms. The minimum absolute atomic E-state index is 0.104. The fraction of sp³-hybridized carbons (Fsp3) is 0.333. The maximum absolute atomic E-state index is 12.6. The molecule has 0 atom stereocenters. The largest absolute Gasteiger partial charge is 0.338 e. The van der Waals surface area contributed by atoms with Gasteiger partial charge in [-0.15, -0.1) is 0 Å². The zero-order valence-corrected chi connectivity index (χ0v) is 16.7. The summed E-state index contributed by atoms with van der Waals surface area (Å²) in [4.78, 5) is 26.4. The number of rotatable bonds is 6. The Bertz CT molecular complexity index is 985. The Hall–Kier alpha value is -2.67. The summed E-state index contributed by atoms with van der Waals surface area (Å²) in [5.74, 6) is -0.238. The fourth-order valence-electron chi connectivity index (χ4n) is 3.31. The zero-order valence-electron chi connectivity index (χ0n) is 15.8. The van der Waals surface area contributed by atoms with Crippen LogP contribution in [-0.4, -0.2) is 37.9 Å². The lowest BCUT2D eigenvalue weighted by Crippen LogP contribution is -2.34. The lowest BCUT2D eigenvalue weighted by Gasteiger charge is -2.26. The van der Waals surface area contributed by atoms with Crippen LogP contribution in [0.15, 0.2) is 48.5 Å². The van der Waals surface area contributed by atoms with Gasteiger partial charge in [0.15, 0.2) is 9.84 Å². The van der Waals surface area contributed by atoms with E-state index in [0.29, 0.717) is 29.8 Å². The van der Waals surface area contributed by atoms with E-state index in [2.05, 4.69) is 5.32 Å². The SMILES string of the molecule is CS(=O)(=O)Cc1cccc(C(=O)Nc2cccc(CN3CCCCC3=O)c2)c1. The summed E-state index contributed by atoms with van der Waals surface area (Å²) in [6.45, 7) is 1.30. The lowest BCUT2D eigenvalue weighted by atomic mass is 10.1. The van der Waals surface area contributed by atoms with Crippen molar-refractivity contribution in [2.24, 2.45) is 0 Å². The van der Waals surface area contributed by atoms with Gasteiger partial charge in [-0.05, 0) is 48.2 Å². The lowest BCUT2D eigenvalue weighted by molar-refractivity contribution is -0.133. The number of carbonyl (C=O) groups excluding carboxylic acids is 2. The van der Waals surface area contributed by atoms with Crippen LogP contribution in [0.5, 0.6) is 0 Å². The summed E-state index contributed by atoms with van der Waals surface area (Å²) in [5, 5.41) is 2.85. The van der Waals surface area contributed by atoms with Crippen LogP contribution in [0.25, 0.3) is 0 Å². The van der Waals surface area contributed by atoms with Crippen molar-refractivity contribution in [3.05, 3.63) is 65.2 Å². The van der Waals surface area contributed by atoms with Gasteiger partial charge in [-0.2, -0.15) is 0 Å². The van der Waals surface area contributed by atoms with Gasteiger partial charge in [0.1, 0.15) is 0 Å². The number of nitrogens with zero attached hydrogens (tertiary/aromatic N) is 1. The van der Waals surface area contributed by atoms with E-state index in [1.165, 1.54) is 6.26 Å². The zero-order chi connectivity index (χ0) is 20.1. The molecular formula is C21H24N2O4S. The highest BCUT2D eigenvalue weighted by atomic mass is 32.2. The summed E-state index contributed by atoms with van der Waals surface area (Å²) < 4.78 is 22.9. The average Bonchev–Trinajstić information content (AvgIpc) is 2.63. The second-order valence-corrected chi connectivity index (χ2v) is 9.34. The van der Waals surface area contributed by atoms with Gasteiger partial charge in [-0.3, -0.25) is 9.59 Å². The first kappa shape index (κ1) is 20.1. The van der Waals surface area contributed by atoms with Gasteiger partial charge in [-0.25, -0.2) is 8.42 Å². The minimum Gasteiger partial charge on any atom is -0.338 e. The molecular weight excluding hydrogens is 376 g/mol. The Balaban J connectivity index is 1.69.